The average Bonchev–Trinajstić information content (AvgIpc) is 2.93. The van der Waals surface area contributed by atoms with E-state index in [1.807, 2.05) is 44.2 Å². The Morgan fingerprint density at radius 3 is 2.90 bits per heavy atom. The lowest BCUT2D eigenvalue weighted by atomic mass is 10.0. The van der Waals surface area contributed by atoms with Crippen molar-refractivity contribution in [3.63, 3.8) is 0 Å². The van der Waals surface area contributed by atoms with Gasteiger partial charge in [-0.15, -0.1) is 0 Å². The zero-order valence-electron chi connectivity index (χ0n) is 12.2. The third kappa shape index (κ3) is 2.78. The maximum Gasteiger partial charge on any atom is 0.138 e. The molecule has 2 heterocycles. The summed E-state index contributed by atoms with van der Waals surface area (Å²) >= 11 is 0. The average molecular weight is 282 g/mol. The van der Waals surface area contributed by atoms with Gasteiger partial charge in [-0.1, -0.05) is 12.1 Å². The van der Waals surface area contributed by atoms with Crippen LogP contribution in [0.3, 0.4) is 0 Å². The summed E-state index contributed by atoms with van der Waals surface area (Å²) in [6.45, 7) is 4.73. The van der Waals surface area contributed by atoms with E-state index in [0.717, 1.165) is 34.5 Å². The third-order valence-electron chi connectivity index (χ3n) is 3.61. The van der Waals surface area contributed by atoms with Crippen LogP contribution < -0.4 is 0 Å². The molecule has 108 valence electrons. The number of aliphatic hydroxyl groups is 1. The van der Waals surface area contributed by atoms with Crippen molar-refractivity contribution >= 4 is 10.9 Å². The van der Waals surface area contributed by atoms with E-state index in [9.17, 15) is 5.11 Å². The smallest absolute Gasteiger partial charge is 0.138 e. The van der Waals surface area contributed by atoms with Crippen LogP contribution in [0.15, 0.2) is 36.7 Å². The van der Waals surface area contributed by atoms with Crippen molar-refractivity contribution in [2.75, 3.05) is 0 Å². The van der Waals surface area contributed by atoms with Crippen molar-refractivity contribution in [3.8, 4) is 0 Å². The number of aromatic nitrogens is 4. The molecule has 21 heavy (non-hydrogen) atoms. The lowest BCUT2D eigenvalue weighted by molar-refractivity contribution is 0.174. The molecule has 1 atom stereocenters. The Labute approximate surface area is 123 Å². The molecule has 0 aliphatic carbocycles. The minimum atomic E-state index is -0.592. The van der Waals surface area contributed by atoms with Gasteiger partial charge in [0.2, 0.25) is 0 Å². The Balaban J connectivity index is 1.87. The second kappa shape index (κ2) is 5.61. The molecule has 0 spiro atoms. The Morgan fingerprint density at radius 2 is 2.10 bits per heavy atom. The van der Waals surface area contributed by atoms with Crippen LogP contribution in [0.5, 0.6) is 0 Å². The van der Waals surface area contributed by atoms with Gasteiger partial charge in [0.25, 0.3) is 0 Å². The number of aliphatic hydroxyl groups excluding tert-OH is 1. The molecule has 0 aliphatic heterocycles. The topological polar surface area (TPSA) is 63.8 Å². The molecule has 1 unspecified atom stereocenters. The molecular formula is C16H18N4O. The van der Waals surface area contributed by atoms with Gasteiger partial charge >= 0.3 is 0 Å². The van der Waals surface area contributed by atoms with E-state index in [-0.39, 0.29) is 0 Å². The lowest BCUT2D eigenvalue weighted by Crippen LogP contribution is -2.09. The molecule has 0 fully saturated rings. The van der Waals surface area contributed by atoms with Crippen LogP contribution in [0.1, 0.15) is 30.1 Å². The molecule has 0 bridgehead atoms. The number of nitrogens with zero attached hydrogens (tertiary/aromatic N) is 4. The molecule has 0 saturated heterocycles. The van der Waals surface area contributed by atoms with Gasteiger partial charge in [-0.25, -0.2) is 4.98 Å². The summed E-state index contributed by atoms with van der Waals surface area (Å²) in [5.74, 6) is 0.798. The molecule has 0 saturated carbocycles. The summed E-state index contributed by atoms with van der Waals surface area (Å²) in [5, 5.41) is 15.6. The quantitative estimate of drug-likeness (QED) is 0.798. The predicted molar refractivity (Wildman–Crippen MR) is 80.8 cm³/mol. The van der Waals surface area contributed by atoms with E-state index in [1.165, 1.54) is 6.33 Å². The van der Waals surface area contributed by atoms with Gasteiger partial charge in [0.1, 0.15) is 12.2 Å². The fraction of sp³-hybridized carbons (Fsp3) is 0.312. The summed E-state index contributed by atoms with van der Waals surface area (Å²) in [7, 11) is 0. The summed E-state index contributed by atoms with van der Waals surface area (Å²) in [4.78, 5) is 8.68. The van der Waals surface area contributed by atoms with Crippen molar-refractivity contribution in [1.82, 2.24) is 19.7 Å². The first-order valence-electron chi connectivity index (χ1n) is 7.09. The fourth-order valence-electron chi connectivity index (χ4n) is 2.45. The van der Waals surface area contributed by atoms with Gasteiger partial charge in [0.15, 0.2) is 0 Å². The summed E-state index contributed by atoms with van der Waals surface area (Å²) < 4.78 is 1.80. The van der Waals surface area contributed by atoms with E-state index >= 15 is 0 Å². The van der Waals surface area contributed by atoms with Crippen LogP contribution in [-0.2, 0) is 13.0 Å². The van der Waals surface area contributed by atoms with Crippen LogP contribution in [-0.4, -0.2) is 24.9 Å². The summed E-state index contributed by atoms with van der Waals surface area (Å²) in [6.07, 6.45) is 1.39. The molecule has 0 amide bonds. The maximum absolute atomic E-state index is 10.4. The lowest BCUT2D eigenvalue weighted by Gasteiger charge is -2.12. The minimum absolute atomic E-state index is 0.457. The molecule has 0 aliphatic rings. The first-order valence-corrected chi connectivity index (χ1v) is 7.09. The Hall–Kier alpha value is -2.27. The summed E-state index contributed by atoms with van der Waals surface area (Å²) in [6, 6.07) is 9.87. The molecular weight excluding hydrogens is 264 g/mol. The molecule has 1 aromatic carbocycles. The van der Waals surface area contributed by atoms with Crippen molar-refractivity contribution in [2.45, 2.75) is 32.9 Å². The maximum atomic E-state index is 10.4. The highest BCUT2D eigenvalue weighted by Crippen LogP contribution is 2.22. The zero-order valence-corrected chi connectivity index (χ0v) is 12.2. The van der Waals surface area contributed by atoms with E-state index in [2.05, 4.69) is 15.1 Å². The number of pyridine rings is 1. The normalized spacial score (nSPS) is 12.7. The Bertz CT molecular complexity index is 766. The van der Waals surface area contributed by atoms with Crippen LogP contribution in [0, 0.1) is 6.92 Å². The standard InChI is InChI=1S/C16H18N4O/c1-3-20-16(17-10-18-20)9-15(21)13-6-7-14-12(8-13)5-4-11(2)19-14/h4-8,10,15,21H,3,9H2,1-2H3. The number of rotatable bonds is 4. The first kappa shape index (κ1) is 13.7. The van der Waals surface area contributed by atoms with Gasteiger partial charge in [0.05, 0.1) is 11.6 Å². The molecule has 0 radical (unpaired) electrons. The minimum Gasteiger partial charge on any atom is -0.388 e. The van der Waals surface area contributed by atoms with Crippen LogP contribution >= 0.6 is 0 Å². The third-order valence-corrected chi connectivity index (χ3v) is 3.61. The monoisotopic (exact) mass is 282 g/mol. The van der Waals surface area contributed by atoms with Gasteiger partial charge in [-0.2, -0.15) is 5.10 Å². The van der Waals surface area contributed by atoms with E-state index in [1.54, 1.807) is 4.68 Å². The second-order valence-electron chi connectivity index (χ2n) is 5.12. The summed E-state index contributed by atoms with van der Waals surface area (Å²) in [5.41, 5.74) is 2.81. The molecule has 3 aromatic rings. The largest absolute Gasteiger partial charge is 0.388 e. The van der Waals surface area contributed by atoms with Crippen molar-refractivity contribution < 1.29 is 5.11 Å². The van der Waals surface area contributed by atoms with Gasteiger partial charge in [-0.3, -0.25) is 9.67 Å². The second-order valence-corrected chi connectivity index (χ2v) is 5.12. The Kier molecular flexibility index (Phi) is 3.66. The molecule has 5 heteroatoms. The van der Waals surface area contributed by atoms with E-state index in [0.29, 0.717) is 6.42 Å². The number of hydrogen-bond donors (Lipinski definition) is 1. The number of hydrogen-bond acceptors (Lipinski definition) is 4. The van der Waals surface area contributed by atoms with Crippen molar-refractivity contribution in [3.05, 3.63) is 53.7 Å². The number of aryl methyl sites for hydroxylation is 2. The molecule has 1 N–H and O–H groups in total. The van der Waals surface area contributed by atoms with Crippen LogP contribution in [0.4, 0.5) is 0 Å². The number of benzene rings is 1. The molecule has 3 rings (SSSR count). The highest BCUT2D eigenvalue weighted by Gasteiger charge is 2.13. The highest BCUT2D eigenvalue weighted by molar-refractivity contribution is 5.79. The molecule has 2 aromatic heterocycles. The van der Waals surface area contributed by atoms with Crippen molar-refractivity contribution in [2.24, 2.45) is 0 Å². The van der Waals surface area contributed by atoms with E-state index in [4.69, 9.17) is 0 Å². The van der Waals surface area contributed by atoms with Gasteiger partial charge in [0, 0.05) is 24.0 Å². The fourth-order valence-corrected chi connectivity index (χ4v) is 2.45. The van der Waals surface area contributed by atoms with Gasteiger partial charge in [-0.05, 0) is 37.6 Å². The highest BCUT2D eigenvalue weighted by atomic mass is 16.3. The Morgan fingerprint density at radius 1 is 1.24 bits per heavy atom. The molecule has 5 nitrogen and oxygen atoms in total. The SMILES string of the molecule is CCn1ncnc1CC(O)c1ccc2nc(C)ccc2c1. The first-order chi connectivity index (χ1) is 10.2. The van der Waals surface area contributed by atoms with Crippen molar-refractivity contribution in [1.29, 1.82) is 0 Å². The van der Waals surface area contributed by atoms with E-state index < -0.39 is 6.10 Å². The predicted octanol–water partition coefficient (Wildman–Crippen LogP) is 2.43. The van der Waals surface area contributed by atoms with Gasteiger partial charge < -0.3 is 5.11 Å². The van der Waals surface area contributed by atoms with Crippen LogP contribution in [0.25, 0.3) is 10.9 Å². The number of fused-ring (bicyclic) bond motifs is 1. The van der Waals surface area contributed by atoms with Crippen LogP contribution in [0.2, 0.25) is 0 Å². The zero-order chi connectivity index (χ0) is 14.8.